The van der Waals surface area contributed by atoms with Crippen molar-refractivity contribution in [3.63, 3.8) is 0 Å². The minimum Gasteiger partial charge on any atom is -0.382 e. The average molecular weight is 316 g/mol. The minimum atomic E-state index is -0.533. The molecule has 4 heteroatoms. The van der Waals surface area contributed by atoms with E-state index in [4.69, 9.17) is 23.2 Å². The summed E-state index contributed by atoms with van der Waals surface area (Å²) in [5, 5.41) is 3.67. The molecule has 1 nitrogen and oxygen atoms in total. The number of rotatable bonds is 2. The van der Waals surface area contributed by atoms with E-state index >= 15 is 0 Å². The van der Waals surface area contributed by atoms with E-state index in [1.54, 1.807) is 12.1 Å². The Morgan fingerprint density at radius 2 is 1.60 bits per heavy atom. The van der Waals surface area contributed by atoms with Crippen LogP contribution in [0, 0.1) is 17.7 Å². The third-order valence-corrected chi connectivity index (χ3v) is 5.44. The van der Waals surface area contributed by atoms with E-state index in [-0.39, 0.29) is 10.0 Å². The topological polar surface area (TPSA) is 12.0 Å². The molecule has 0 amide bonds. The van der Waals surface area contributed by atoms with Crippen molar-refractivity contribution in [2.45, 2.75) is 51.0 Å². The van der Waals surface area contributed by atoms with Crippen molar-refractivity contribution in [1.29, 1.82) is 0 Å². The van der Waals surface area contributed by atoms with Gasteiger partial charge < -0.3 is 5.32 Å². The number of hydrogen-bond acceptors (Lipinski definition) is 1. The van der Waals surface area contributed by atoms with Gasteiger partial charge in [-0.15, -0.1) is 0 Å². The highest BCUT2D eigenvalue weighted by atomic mass is 35.5. The maximum Gasteiger partial charge on any atom is 0.160 e. The highest BCUT2D eigenvalue weighted by Crippen LogP contribution is 2.41. The lowest BCUT2D eigenvalue weighted by molar-refractivity contribution is 0.162. The predicted molar refractivity (Wildman–Crippen MR) is 83.1 cm³/mol. The zero-order chi connectivity index (χ0) is 14.1. The van der Waals surface area contributed by atoms with Crippen LogP contribution in [-0.4, -0.2) is 6.04 Å². The summed E-state index contributed by atoms with van der Waals surface area (Å²) in [5.41, 5.74) is 0.834. The van der Waals surface area contributed by atoms with Crippen LogP contribution in [0.5, 0.6) is 0 Å². The second-order valence-corrected chi connectivity index (χ2v) is 7.03. The molecule has 20 heavy (non-hydrogen) atoms. The maximum absolute atomic E-state index is 13.4. The van der Waals surface area contributed by atoms with Crippen LogP contribution in [0.3, 0.4) is 0 Å². The smallest absolute Gasteiger partial charge is 0.160 e. The van der Waals surface area contributed by atoms with E-state index in [1.165, 1.54) is 44.9 Å². The highest BCUT2D eigenvalue weighted by Gasteiger charge is 2.32. The van der Waals surface area contributed by atoms with Gasteiger partial charge in [0.2, 0.25) is 0 Å². The van der Waals surface area contributed by atoms with Crippen LogP contribution >= 0.6 is 23.2 Å². The molecule has 3 atom stereocenters. The molecule has 0 saturated heterocycles. The Kier molecular flexibility index (Phi) is 4.42. The lowest BCUT2D eigenvalue weighted by atomic mass is 9.69. The van der Waals surface area contributed by atoms with E-state index in [2.05, 4.69) is 5.32 Å². The van der Waals surface area contributed by atoms with Crippen molar-refractivity contribution < 1.29 is 4.39 Å². The largest absolute Gasteiger partial charge is 0.382 e. The van der Waals surface area contributed by atoms with Crippen LogP contribution in [0.1, 0.15) is 44.9 Å². The molecule has 3 unspecified atom stereocenters. The van der Waals surface area contributed by atoms with E-state index < -0.39 is 5.82 Å². The molecular formula is C16H20Cl2FN. The molecule has 2 aliphatic carbocycles. The highest BCUT2D eigenvalue weighted by molar-refractivity contribution is 6.35. The number of benzene rings is 1. The van der Waals surface area contributed by atoms with Crippen LogP contribution in [0.15, 0.2) is 12.1 Å². The molecule has 0 aromatic heterocycles. The summed E-state index contributed by atoms with van der Waals surface area (Å²) < 4.78 is 13.4. The molecule has 0 radical (unpaired) electrons. The summed E-state index contributed by atoms with van der Waals surface area (Å²) in [4.78, 5) is 0. The predicted octanol–water partition coefficient (Wildman–Crippen LogP) is 5.90. The number of nitrogens with one attached hydrogen (secondary N) is 1. The second-order valence-electron chi connectivity index (χ2n) is 6.21. The Morgan fingerprint density at radius 3 is 2.30 bits per heavy atom. The molecule has 0 heterocycles. The lowest BCUT2D eigenvalue weighted by Gasteiger charge is -2.39. The minimum absolute atomic E-state index is 0.0892. The second kappa shape index (κ2) is 6.11. The molecule has 110 valence electrons. The first-order chi connectivity index (χ1) is 9.63. The Morgan fingerprint density at radius 1 is 0.950 bits per heavy atom. The van der Waals surface area contributed by atoms with E-state index in [0.29, 0.717) is 6.04 Å². The van der Waals surface area contributed by atoms with Crippen molar-refractivity contribution in [1.82, 2.24) is 0 Å². The Hall–Kier alpha value is -0.470. The first kappa shape index (κ1) is 14.5. The molecule has 0 bridgehead atoms. The molecular weight excluding hydrogens is 296 g/mol. The Bertz CT molecular complexity index is 468. The van der Waals surface area contributed by atoms with Gasteiger partial charge in [-0.2, -0.15) is 0 Å². The lowest BCUT2D eigenvalue weighted by Crippen LogP contribution is -2.34. The maximum atomic E-state index is 13.4. The monoisotopic (exact) mass is 315 g/mol. The van der Waals surface area contributed by atoms with Gasteiger partial charge in [0.15, 0.2) is 5.82 Å². The van der Waals surface area contributed by atoms with Crippen molar-refractivity contribution in [2.24, 2.45) is 11.8 Å². The van der Waals surface area contributed by atoms with Gasteiger partial charge in [0.25, 0.3) is 0 Å². The van der Waals surface area contributed by atoms with Gasteiger partial charge in [-0.25, -0.2) is 4.39 Å². The number of fused-ring (bicyclic) bond motifs is 1. The summed E-state index contributed by atoms with van der Waals surface area (Å²) in [5.74, 6) is 1.26. The molecule has 1 aromatic rings. The van der Waals surface area contributed by atoms with Gasteiger partial charge in [0.05, 0.1) is 10.0 Å². The fourth-order valence-electron chi connectivity index (χ4n) is 3.88. The molecule has 0 spiro atoms. The third kappa shape index (κ3) is 3.07. The Balaban J connectivity index is 1.66. The first-order valence-electron chi connectivity index (χ1n) is 7.54. The quantitative estimate of drug-likeness (QED) is 0.669. The van der Waals surface area contributed by atoms with Crippen LogP contribution in [0.2, 0.25) is 10.0 Å². The summed E-state index contributed by atoms with van der Waals surface area (Å²) in [6.07, 6.45) is 9.28. The average Bonchev–Trinajstić information content (AvgIpc) is 2.44. The molecule has 3 rings (SSSR count). The van der Waals surface area contributed by atoms with Gasteiger partial charge in [-0.05, 0) is 43.2 Å². The van der Waals surface area contributed by atoms with E-state index in [0.717, 1.165) is 17.5 Å². The standard InChI is InChI=1S/C16H20Cl2FN/c17-14-8-13(9-15(18)16(14)19)20-12-6-5-10-3-1-2-4-11(10)7-12/h8-12,20H,1-7H2. The summed E-state index contributed by atoms with van der Waals surface area (Å²) >= 11 is 11.7. The van der Waals surface area contributed by atoms with Gasteiger partial charge in [0.1, 0.15) is 0 Å². The zero-order valence-corrected chi connectivity index (χ0v) is 13.0. The fourth-order valence-corrected chi connectivity index (χ4v) is 4.37. The molecule has 2 saturated carbocycles. The molecule has 1 N–H and O–H groups in total. The first-order valence-corrected chi connectivity index (χ1v) is 8.30. The SMILES string of the molecule is Fc1c(Cl)cc(NC2CCC3CCCCC3C2)cc1Cl. The molecule has 2 aliphatic rings. The van der Waals surface area contributed by atoms with Crippen molar-refractivity contribution >= 4 is 28.9 Å². The summed E-state index contributed by atoms with van der Waals surface area (Å²) in [6.45, 7) is 0. The number of anilines is 1. The third-order valence-electron chi connectivity index (χ3n) is 4.89. The van der Waals surface area contributed by atoms with Crippen LogP contribution in [0.4, 0.5) is 10.1 Å². The molecule has 0 aliphatic heterocycles. The van der Waals surface area contributed by atoms with Crippen LogP contribution in [-0.2, 0) is 0 Å². The van der Waals surface area contributed by atoms with Crippen LogP contribution < -0.4 is 5.32 Å². The number of halogens is 3. The normalized spacial score (nSPS) is 29.9. The van der Waals surface area contributed by atoms with Gasteiger partial charge in [-0.3, -0.25) is 0 Å². The van der Waals surface area contributed by atoms with E-state index in [1.807, 2.05) is 0 Å². The molecule has 2 fully saturated rings. The van der Waals surface area contributed by atoms with Crippen molar-refractivity contribution in [2.75, 3.05) is 5.32 Å². The summed E-state index contributed by atoms with van der Waals surface area (Å²) in [7, 11) is 0. The van der Waals surface area contributed by atoms with Gasteiger partial charge >= 0.3 is 0 Å². The zero-order valence-electron chi connectivity index (χ0n) is 11.5. The van der Waals surface area contributed by atoms with Gasteiger partial charge in [0, 0.05) is 11.7 Å². The number of hydrogen-bond donors (Lipinski definition) is 1. The van der Waals surface area contributed by atoms with Gasteiger partial charge in [-0.1, -0.05) is 48.9 Å². The van der Waals surface area contributed by atoms with E-state index in [9.17, 15) is 4.39 Å². The van der Waals surface area contributed by atoms with Crippen molar-refractivity contribution in [3.8, 4) is 0 Å². The van der Waals surface area contributed by atoms with Crippen molar-refractivity contribution in [3.05, 3.63) is 28.0 Å². The Labute approximate surface area is 129 Å². The molecule has 1 aromatic carbocycles. The summed E-state index contributed by atoms with van der Waals surface area (Å²) in [6, 6.07) is 3.73. The van der Waals surface area contributed by atoms with Crippen LogP contribution in [0.25, 0.3) is 0 Å². The fraction of sp³-hybridized carbons (Fsp3) is 0.625.